The summed E-state index contributed by atoms with van der Waals surface area (Å²) in [6.07, 6.45) is 1.38. The van der Waals surface area contributed by atoms with Crippen molar-refractivity contribution in [2.75, 3.05) is 5.73 Å². The number of fused-ring (bicyclic) bond motifs is 1. The highest BCUT2D eigenvalue weighted by Gasteiger charge is 2.17. The van der Waals surface area contributed by atoms with Crippen molar-refractivity contribution in [1.29, 1.82) is 10.5 Å². The lowest BCUT2D eigenvalue weighted by atomic mass is 10.1. The molecular weight excluding hydrogens is 252 g/mol. The van der Waals surface area contributed by atoms with Crippen LogP contribution in [0.1, 0.15) is 11.1 Å². The smallest absolute Gasteiger partial charge is 0.175 e. The van der Waals surface area contributed by atoms with E-state index in [1.807, 2.05) is 36.4 Å². The van der Waals surface area contributed by atoms with Gasteiger partial charge in [-0.3, -0.25) is 0 Å². The highest BCUT2D eigenvalue weighted by Crippen LogP contribution is 2.27. The predicted molar refractivity (Wildman–Crippen MR) is 72.3 cm³/mol. The molecule has 2 heterocycles. The van der Waals surface area contributed by atoms with E-state index in [1.165, 1.54) is 10.7 Å². The first-order valence-electron chi connectivity index (χ1n) is 5.79. The Kier molecular flexibility index (Phi) is 2.56. The highest BCUT2D eigenvalue weighted by molar-refractivity contribution is 5.76. The van der Waals surface area contributed by atoms with E-state index in [0.717, 1.165) is 5.56 Å². The predicted octanol–water partition coefficient (Wildman–Crippen LogP) is 1.72. The molecule has 0 saturated carbocycles. The van der Waals surface area contributed by atoms with Crippen molar-refractivity contribution in [2.24, 2.45) is 0 Å². The molecule has 6 heteroatoms. The van der Waals surface area contributed by atoms with E-state index in [-0.39, 0.29) is 11.4 Å². The summed E-state index contributed by atoms with van der Waals surface area (Å²) in [6.45, 7) is 0. The number of anilines is 1. The number of nitriles is 2. The van der Waals surface area contributed by atoms with Gasteiger partial charge in [-0.2, -0.15) is 20.1 Å². The number of nitrogens with two attached hydrogens (primary N) is 1. The minimum Gasteiger partial charge on any atom is -0.382 e. The molecule has 0 atom stereocenters. The van der Waals surface area contributed by atoms with Crippen LogP contribution in [0.25, 0.3) is 16.9 Å². The molecule has 0 spiro atoms. The maximum Gasteiger partial charge on any atom is 0.175 e. The van der Waals surface area contributed by atoms with Gasteiger partial charge < -0.3 is 5.73 Å². The first-order chi connectivity index (χ1) is 9.76. The van der Waals surface area contributed by atoms with Crippen LogP contribution in [-0.2, 0) is 0 Å². The Morgan fingerprint density at radius 2 is 1.85 bits per heavy atom. The molecule has 3 rings (SSSR count). The van der Waals surface area contributed by atoms with E-state index < -0.39 is 0 Å². The van der Waals surface area contributed by atoms with E-state index in [0.29, 0.717) is 16.9 Å². The summed E-state index contributed by atoms with van der Waals surface area (Å²) < 4.78 is 1.31. The normalized spacial score (nSPS) is 10.1. The molecule has 1 aromatic carbocycles. The number of hydrogen-bond acceptors (Lipinski definition) is 5. The van der Waals surface area contributed by atoms with Crippen LogP contribution in [-0.4, -0.2) is 14.6 Å². The van der Waals surface area contributed by atoms with Crippen LogP contribution in [0.15, 0.2) is 36.5 Å². The molecule has 2 aromatic heterocycles. The van der Waals surface area contributed by atoms with Gasteiger partial charge in [0, 0.05) is 5.56 Å². The highest BCUT2D eigenvalue weighted by atomic mass is 15.3. The summed E-state index contributed by atoms with van der Waals surface area (Å²) in [5.41, 5.74) is 8.10. The third-order valence-corrected chi connectivity index (χ3v) is 2.96. The third kappa shape index (κ3) is 1.57. The number of aromatic nitrogens is 3. The SMILES string of the molecule is N#Cc1c(-c2ccccc2)nc2c(C#N)cnn2c1N. The van der Waals surface area contributed by atoms with Crippen LogP contribution in [0.2, 0.25) is 0 Å². The van der Waals surface area contributed by atoms with E-state index >= 15 is 0 Å². The Hall–Kier alpha value is -3.38. The summed E-state index contributed by atoms with van der Waals surface area (Å²) in [6, 6.07) is 13.3. The van der Waals surface area contributed by atoms with Gasteiger partial charge in [-0.25, -0.2) is 4.98 Å². The molecule has 0 amide bonds. The number of nitrogen functional groups attached to an aromatic ring is 1. The average molecular weight is 260 g/mol. The van der Waals surface area contributed by atoms with Gasteiger partial charge in [-0.05, 0) is 0 Å². The van der Waals surface area contributed by atoms with Gasteiger partial charge in [-0.15, -0.1) is 0 Å². The van der Waals surface area contributed by atoms with Crippen molar-refractivity contribution in [3.8, 4) is 23.4 Å². The van der Waals surface area contributed by atoms with Gasteiger partial charge >= 0.3 is 0 Å². The summed E-state index contributed by atoms with van der Waals surface area (Å²) in [5.74, 6) is 0.179. The van der Waals surface area contributed by atoms with Crippen molar-refractivity contribution in [3.05, 3.63) is 47.7 Å². The maximum absolute atomic E-state index is 9.31. The molecule has 0 aliphatic heterocycles. The van der Waals surface area contributed by atoms with Gasteiger partial charge in [0.05, 0.1) is 11.9 Å². The lowest BCUT2D eigenvalue weighted by Crippen LogP contribution is -2.06. The Bertz CT molecular complexity index is 880. The zero-order valence-electron chi connectivity index (χ0n) is 10.3. The van der Waals surface area contributed by atoms with Crippen molar-refractivity contribution >= 4 is 11.5 Å². The molecule has 2 N–H and O–H groups in total. The fourth-order valence-corrected chi connectivity index (χ4v) is 2.01. The zero-order chi connectivity index (χ0) is 14.1. The lowest BCUT2D eigenvalue weighted by molar-refractivity contribution is 0.949. The number of rotatable bonds is 1. The Morgan fingerprint density at radius 3 is 2.50 bits per heavy atom. The molecule has 0 aliphatic rings. The van der Waals surface area contributed by atoms with E-state index in [1.54, 1.807) is 0 Å². The minimum absolute atomic E-state index is 0.179. The minimum atomic E-state index is 0.179. The second-order valence-electron chi connectivity index (χ2n) is 4.10. The van der Waals surface area contributed by atoms with E-state index in [9.17, 15) is 5.26 Å². The molecule has 6 nitrogen and oxygen atoms in total. The number of hydrogen-bond donors (Lipinski definition) is 1. The molecule has 0 unspecified atom stereocenters. The fourth-order valence-electron chi connectivity index (χ4n) is 2.01. The second kappa shape index (κ2) is 4.38. The van der Waals surface area contributed by atoms with Crippen LogP contribution >= 0.6 is 0 Å². The number of nitrogens with zero attached hydrogens (tertiary/aromatic N) is 5. The van der Waals surface area contributed by atoms with Crippen molar-refractivity contribution < 1.29 is 0 Å². The van der Waals surface area contributed by atoms with Crippen LogP contribution < -0.4 is 5.73 Å². The van der Waals surface area contributed by atoms with Crippen LogP contribution in [0.3, 0.4) is 0 Å². The quantitative estimate of drug-likeness (QED) is 0.717. The van der Waals surface area contributed by atoms with Crippen LogP contribution in [0, 0.1) is 22.7 Å². The van der Waals surface area contributed by atoms with Crippen molar-refractivity contribution in [1.82, 2.24) is 14.6 Å². The average Bonchev–Trinajstić information content (AvgIpc) is 2.91. The first kappa shape index (κ1) is 11.7. The zero-order valence-corrected chi connectivity index (χ0v) is 10.3. The van der Waals surface area contributed by atoms with Crippen molar-refractivity contribution in [2.45, 2.75) is 0 Å². The molecule has 94 valence electrons. The first-order valence-corrected chi connectivity index (χ1v) is 5.79. The van der Waals surface area contributed by atoms with Crippen molar-refractivity contribution in [3.63, 3.8) is 0 Å². The van der Waals surface area contributed by atoms with Gasteiger partial charge in [0.1, 0.15) is 29.1 Å². The van der Waals surface area contributed by atoms with Crippen LogP contribution in [0.5, 0.6) is 0 Å². The molecule has 0 bridgehead atoms. The van der Waals surface area contributed by atoms with E-state index in [2.05, 4.69) is 16.2 Å². The standard InChI is InChI=1S/C14H8N6/c15-6-10-8-18-20-13(17)11(7-16)12(19-14(10)20)9-4-2-1-3-5-9/h1-5,8H,17H2. The van der Waals surface area contributed by atoms with Gasteiger partial charge in [0.25, 0.3) is 0 Å². The Morgan fingerprint density at radius 1 is 1.10 bits per heavy atom. The maximum atomic E-state index is 9.31. The van der Waals surface area contributed by atoms with E-state index in [4.69, 9.17) is 11.0 Å². The summed E-state index contributed by atoms with van der Waals surface area (Å²) in [7, 11) is 0. The topological polar surface area (TPSA) is 104 Å². The summed E-state index contributed by atoms with van der Waals surface area (Å²) in [4.78, 5) is 4.38. The Balaban J connectivity index is 2.43. The molecule has 0 radical (unpaired) electrons. The number of benzene rings is 1. The fraction of sp³-hybridized carbons (Fsp3) is 0. The summed E-state index contributed by atoms with van der Waals surface area (Å²) in [5, 5.41) is 22.4. The second-order valence-corrected chi connectivity index (χ2v) is 4.10. The molecule has 0 aliphatic carbocycles. The lowest BCUT2D eigenvalue weighted by Gasteiger charge is -2.07. The largest absolute Gasteiger partial charge is 0.382 e. The molecular formula is C14H8N6. The molecule has 20 heavy (non-hydrogen) atoms. The van der Waals surface area contributed by atoms with Gasteiger partial charge in [-0.1, -0.05) is 30.3 Å². The monoisotopic (exact) mass is 260 g/mol. The Labute approximate surface area is 114 Å². The third-order valence-electron chi connectivity index (χ3n) is 2.96. The molecule has 3 aromatic rings. The summed E-state index contributed by atoms with van der Waals surface area (Å²) >= 11 is 0. The van der Waals surface area contributed by atoms with Gasteiger partial charge in [0.15, 0.2) is 5.65 Å². The molecule has 0 saturated heterocycles. The van der Waals surface area contributed by atoms with Crippen LogP contribution in [0.4, 0.5) is 5.82 Å². The van der Waals surface area contributed by atoms with Gasteiger partial charge in [0.2, 0.25) is 0 Å². The molecule has 0 fully saturated rings.